The lowest BCUT2D eigenvalue weighted by Gasteiger charge is -2.27. The average molecular weight is 277 g/mol. The fourth-order valence-electron chi connectivity index (χ4n) is 1.87. The maximum Gasteiger partial charge on any atom is 0.219 e. The van der Waals surface area contributed by atoms with Crippen molar-refractivity contribution in [2.45, 2.75) is 37.6 Å². The van der Waals surface area contributed by atoms with Gasteiger partial charge in [0, 0.05) is 16.9 Å². The van der Waals surface area contributed by atoms with Gasteiger partial charge in [-0.25, -0.2) is 0 Å². The molecular formula is C14H19N3OS. The Morgan fingerprint density at radius 1 is 1.53 bits per heavy atom. The Labute approximate surface area is 118 Å². The lowest BCUT2D eigenvalue weighted by molar-refractivity contribution is -0.118. The van der Waals surface area contributed by atoms with Gasteiger partial charge in [0.2, 0.25) is 5.91 Å². The van der Waals surface area contributed by atoms with Crippen LogP contribution in [0.5, 0.6) is 0 Å². The molecule has 1 amide bonds. The molecule has 0 radical (unpaired) electrons. The molecule has 0 heterocycles. The Bertz CT molecular complexity index is 506. The molecule has 0 atom stereocenters. The van der Waals surface area contributed by atoms with Gasteiger partial charge in [-0.1, -0.05) is 13.0 Å². The predicted molar refractivity (Wildman–Crippen MR) is 79.1 cm³/mol. The van der Waals surface area contributed by atoms with Crippen LogP contribution in [0, 0.1) is 11.3 Å². The molecule has 5 heteroatoms. The summed E-state index contributed by atoms with van der Waals surface area (Å²) in [4.78, 5) is 12.0. The maximum atomic E-state index is 11.0. The number of hydrogen-bond acceptors (Lipinski definition) is 4. The quantitative estimate of drug-likeness (QED) is 0.784. The molecule has 0 aliphatic heterocycles. The molecule has 0 aliphatic rings. The number of thioether (sulfide) groups is 1. The van der Waals surface area contributed by atoms with E-state index in [-0.39, 0.29) is 12.3 Å². The Hall–Kier alpha value is -1.67. The SMILES string of the molecule is CCSc1cccc(NC(C)(C)CC(N)=O)c1C#N. The van der Waals surface area contributed by atoms with Gasteiger partial charge in [0.05, 0.1) is 11.3 Å². The summed E-state index contributed by atoms with van der Waals surface area (Å²) in [5.74, 6) is 0.540. The molecule has 1 rings (SSSR count). The minimum absolute atomic E-state index is 0.211. The number of carbonyl (C=O) groups excluding carboxylic acids is 1. The zero-order chi connectivity index (χ0) is 14.5. The van der Waals surface area contributed by atoms with Crippen LogP contribution in [0.2, 0.25) is 0 Å². The average Bonchev–Trinajstić information content (AvgIpc) is 2.27. The van der Waals surface area contributed by atoms with E-state index in [0.29, 0.717) is 5.56 Å². The zero-order valence-electron chi connectivity index (χ0n) is 11.5. The summed E-state index contributed by atoms with van der Waals surface area (Å²) in [7, 11) is 0. The molecule has 19 heavy (non-hydrogen) atoms. The van der Waals surface area contributed by atoms with E-state index in [1.54, 1.807) is 11.8 Å². The first-order valence-electron chi connectivity index (χ1n) is 6.12. The van der Waals surface area contributed by atoms with E-state index >= 15 is 0 Å². The molecule has 1 aromatic rings. The fraction of sp³-hybridized carbons (Fsp3) is 0.429. The van der Waals surface area contributed by atoms with Crippen molar-refractivity contribution in [2.75, 3.05) is 11.1 Å². The van der Waals surface area contributed by atoms with Crippen LogP contribution < -0.4 is 11.1 Å². The molecular weight excluding hydrogens is 258 g/mol. The second kappa shape index (κ2) is 6.48. The molecule has 3 N–H and O–H groups in total. The molecule has 0 aromatic heterocycles. The van der Waals surface area contributed by atoms with Crippen LogP contribution in [0.4, 0.5) is 5.69 Å². The Kier molecular flexibility index (Phi) is 5.25. The Morgan fingerprint density at radius 3 is 2.74 bits per heavy atom. The molecule has 0 fully saturated rings. The number of benzene rings is 1. The van der Waals surface area contributed by atoms with Crippen molar-refractivity contribution in [1.29, 1.82) is 5.26 Å². The highest BCUT2D eigenvalue weighted by molar-refractivity contribution is 7.99. The largest absolute Gasteiger partial charge is 0.379 e. The van der Waals surface area contributed by atoms with Gasteiger partial charge in [0.25, 0.3) is 0 Å². The molecule has 4 nitrogen and oxygen atoms in total. The third kappa shape index (κ3) is 4.49. The minimum atomic E-state index is -0.479. The van der Waals surface area contributed by atoms with Crippen molar-refractivity contribution in [3.05, 3.63) is 23.8 Å². The van der Waals surface area contributed by atoms with Crippen LogP contribution in [0.25, 0.3) is 0 Å². The van der Waals surface area contributed by atoms with Gasteiger partial charge in [0.1, 0.15) is 6.07 Å². The van der Waals surface area contributed by atoms with E-state index in [1.165, 1.54) is 0 Å². The van der Waals surface area contributed by atoms with Crippen molar-refractivity contribution < 1.29 is 4.79 Å². The van der Waals surface area contributed by atoms with Crippen LogP contribution in [0.15, 0.2) is 23.1 Å². The number of rotatable bonds is 6. The normalized spacial score (nSPS) is 10.8. The number of nitriles is 1. The molecule has 0 saturated carbocycles. The zero-order valence-corrected chi connectivity index (χ0v) is 12.3. The first kappa shape index (κ1) is 15.4. The number of anilines is 1. The second-order valence-corrected chi connectivity index (χ2v) is 6.18. The van der Waals surface area contributed by atoms with E-state index in [1.807, 2.05) is 39.0 Å². The smallest absolute Gasteiger partial charge is 0.219 e. The molecule has 0 unspecified atom stereocenters. The van der Waals surface area contributed by atoms with Gasteiger partial charge < -0.3 is 11.1 Å². The lowest BCUT2D eigenvalue weighted by Crippen LogP contribution is -2.36. The van der Waals surface area contributed by atoms with Crippen molar-refractivity contribution in [1.82, 2.24) is 0 Å². The fourth-order valence-corrected chi connectivity index (χ4v) is 2.66. The molecule has 1 aromatic carbocycles. The number of hydrogen-bond donors (Lipinski definition) is 2. The topological polar surface area (TPSA) is 78.9 Å². The van der Waals surface area contributed by atoms with E-state index in [4.69, 9.17) is 5.73 Å². The van der Waals surface area contributed by atoms with Crippen molar-refractivity contribution >= 4 is 23.4 Å². The third-order valence-electron chi connectivity index (χ3n) is 2.53. The summed E-state index contributed by atoms with van der Waals surface area (Å²) in [5, 5.41) is 12.5. The number of nitrogens with two attached hydrogens (primary N) is 1. The monoisotopic (exact) mass is 277 g/mol. The number of carbonyl (C=O) groups is 1. The molecule has 0 saturated heterocycles. The molecule has 102 valence electrons. The van der Waals surface area contributed by atoms with Gasteiger partial charge in [-0.15, -0.1) is 11.8 Å². The number of nitrogens with one attached hydrogen (secondary N) is 1. The van der Waals surface area contributed by atoms with Crippen molar-refractivity contribution in [2.24, 2.45) is 5.73 Å². The molecule has 0 spiro atoms. The van der Waals surface area contributed by atoms with Gasteiger partial charge >= 0.3 is 0 Å². The van der Waals surface area contributed by atoms with Crippen molar-refractivity contribution in [3.63, 3.8) is 0 Å². The van der Waals surface area contributed by atoms with E-state index in [9.17, 15) is 10.1 Å². The first-order chi connectivity index (χ1) is 8.89. The molecule has 0 aliphatic carbocycles. The number of nitrogens with zero attached hydrogens (tertiary/aromatic N) is 1. The highest BCUT2D eigenvalue weighted by Gasteiger charge is 2.22. The minimum Gasteiger partial charge on any atom is -0.379 e. The standard InChI is InChI=1S/C14H19N3OS/c1-4-19-12-7-5-6-11(10(12)9-15)17-14(2,3)8-13(16)18/h5-7,17H,4,8H2,1-3H3,(H2,16,18). The summed E-state index contributed by atoms with van der Waals surface area (Å²) >= 11 is 1.63. The lowest BCUT2D eigenvalue weighted by atomic mass is 9.99. The van der Waals surface area contributed by atoms with E-state index in [0.717, 1.165) is 16.3 Å². The van der Waals surface area contributed by atoms with Gasteiger partial charge in [-0.05, 0) is 31.7 Å². The van der Waals surface area contributed by atoms with Crippen LogP contribution in [-0.4, -0.2) is 17.2 Å². The second-order valence-electron chi connectivity index (χ2n) is 4.88. The van der Waals surface area contributed by atoms with Gasteiger partial charge in [-0.2, -0.15) is 5.26 Å². The highest BCUT2D eigenvalue weighted by atomic mass is 32.2. The highest BCUT2D eigenvalue weighted by Crippen LogP contribution is 2.30. The number of primary amides is 1. The van der Waals surface area contributed by atoms with Crippen LogP contribution >= 0.6 is 11.8 Å². The van der Waals surface area contributed by atoms with Gasteiger partial charge in [0.15, 0.2) is 0 Å². The summed E-state index contributed by atoms with van der Waals surface area (Å²) in [5.41, 5.74) is 6.11. The third-order valence-corrected chi connectivity index (χ3v) is 3.47. The van der Waals surface area contributed by atoms with Crippen LogP contribution in [0.1, 0.15) is 32.8 Å². The van der Waals surface area contributed by atoms with E-state index in [2.05, 4.69) is 11.4 Å². The van der Waals surface area contributed by atoms with Crippen molar-refractivity contribution in [3.8, 4) is 6.07 Å². The molecule has 0 bridgehead atoms. The van der Waals surface area contributed by atoms with Crippen LogP contribution in [0.3, 0.4) is 0 Å². The number of amides is 1. The summed E-state index contributed by atoms with van der Waals surface area (Å²) < 4.78 is 0. The summed E-state index contributed by atoms with van der Waals surface area (Å²) in [6.07, 6.45) is 0.211. The first-order valence-corrected chi connectivity index (χ1v) is 7.10. The Morgan fingerprint density at radius 2 is 2.21 bits per heavy atom. The van der Waals surface area contributed by atoms with Gasteiger partial charge in [-0.3, -0.25) is 4.79 Å². The van der Waals surface area contributed by atoms with E-state index < -0.39 is 5.54 Å². The predicted octanol–water partition coefficient (Wildman–Crippen LogP) is 2.74. The van der Waals surface area contributed by atoms with Crippen LogP contribution in [-0.2, 0) is 4.79 Å². The Balaban J connectivity index is 3.04. The maximum absolute atomic E-state index is 11.0. The summed E-state index contributed by atoms with van der Waals surface area (Å²) in [6.45, 7) is 5.82. The summed E-state index contributed by atoms with van der Waals surface area (Å²) in [6, 6.07) is 7.91.